The minimum Gasteiger partial charge on any atom is -0.488 e. The van der Waals surface area contributed by atoms with Gasteiger partial charge in [0.2, 0.25) is 0 Å². The molecule has 2 aromatic carbocycles. The summed E-state index contributed by atoms with van der Waals surface area (Å²) in [6, 6.07) is 18.8. The van der Waals surface area contributed by atoms with E-state index in [4.69, 9.17) is 4.74 Å². The van der Waals surface area contributed by atoms with Crippen LogP contribution in [0.3, 0.4) is 0 Å². The number of benzene rings is 2. The lowest BCUT2D eigenvalue weighted by molar-refractivity contribution is 0.0146. The molecule has 4 nitrogen and oxygen atoms in total. The van der Waals surface area contributed by atoms with Crippen LogP contribution in [0.2, 0.25) is 0 Å². The van der Waals surface area contributed by atoms with Gasteiger partial charge in [-0.15, -0.1) is 0 Å². The number of hydrogen-bond donors (Lipinski definition) is 0. The fourth-order valence-corrected chi connectivity index (χ4v) is 3.36. The van der Waals surface area contributed by atoms with Crippen LogP contribution < -0.4 is 4.74 Å². The zero-order chi connectivity index (χ0) is 17.2. The van der Waals surface area contributed by atoms with E-state index in [2.05, 4.69) is 41.2 Å². The molecule has 1 aliphatic rings. The average molecular weight is 333 g/mol. The third-order valence-electron chi connectivity index (χ3n) is 4.73. The maximum atomic E-state index is 6.00. The first-order valence-electron chi connectivity index (χ1n) is 8.71. The first kappa shape index (κ1) is 15.9. The van der Waals surface area contributed by atoms with E-state index >= 15 is 0 Å². The van der Waals surface area contributed by atoms with Crippen LogP contribution in [-0.2, 0) is 13.6 Å². The van der Waals surface area contributed by atoms with Crippen molar-refractivity contribution in [3.8, 4) is 17.0 Å². The van der Waals surface area contributed by atoms with Crippen molar-refractivity contribution in [1.82, 2.24) is 14.7 Å². The Hall–Kier alpha value is -2.59. The molecular weight excluding hydrogens is 310 g/mol. The van der Waals surface area contributed by atoms with Crippen molar-refractivity contribution in [1.29, 1.82) is 0 Å². The average Bonchev–Trinajstić information content (AvgIpc) is 3.01. The molecule has 0 atom stereocenters. The van der Waals surface area contributed by atoms with Crippen LogP contribution in [0.4, 0.5) is 0 Å². The highest BCUT2D eigenvalue weighted by Gasteiger charge is 2.29. The molecule has 0 spiro atoms. The largest absolute Gasteiger partial charge is 0.488 e. The van der Waals surface area contributed by atoms with E-state index in [1.165, 1.54) is 16.7 Å². The zero-order valence-electron chi connectivity index (χ0n) is 14.7. The van der Waals surface area contributed by atoms with E-state index in [1.54, 1.807) is 0 Å². The Bertz CT molecular complexity index is 851. The second-order valence-corrected chi connectivity index (χ2v) is 6.75. The molecule has 1 aromatic heterocycles. The van der Waals surface area contributed by atoms with Crippen LogP contribution >= 0.6 is 0 Å². The number of para-hydroxylation sites is 1. The van der Waals surface area contributed by atoms with E-state index in [-0.39, 0.29) is 6.10 Å². The Kier molecular flexibility index (Phi) is 4.28. The maximum absolute atomic E-state index is 6.00. The van der Waals surface area contributed by atoms with Gasteiger partial charge in [0.15, 0.2) is 0 Å². The quantitative estimate of drug-likeness (QED) is 0.714. The summed E-state index contributed by atoms with van der Waals surface area (Å²) in [5.41, 5.74) is 5.05. The molecule has 0 aliphatic carbocycles. The molecule has 0 saturated carbocycles. The number of ether oxygens (including phenoxy) is 1. The standard InChI is InChI=1S/C21H23N3O/c1-16-8-9-17(20(12-16)21-10-11-22-23(21)2)13-24-14-19(15-24)25-18-6-4-3-5-7-18/h3-12,19H,13-15H2,1-2H3. The van der Waals surface area contributed by atoms with Crippen molar-refractivity contribution < 1.29 is 4.74 Å². The minimum atomic E-state index is 0.285. The van der Waals surface area contributed by atoms with Crippen LogP contribution in [0.25, 0.3) is 11.3 Å². The van der Waals surface area contributed by atoms with Gasteiger partial charge >= 0.3 is 0 Å². The summed E-state index contributed by atoms with van der Waals surface area (Å²) in [5.74, 6) is 0.957. The van der Waals surface area contributed by atoms with Gasteiger partial charge in [-0.25, -0.2) is 0 Å². The van der Waals surface area contributed by atoms with Gasteiger partial charge in [-0.05, 0) is 36.8 Å². The summed E-state index contributed by atoms with van der Waals surface area (Å²) in [6.45, 7) is 5.01. The Morgan fingerprint density at radius 3 is 2.60 bits per heavy atom. The second-order valence-electron chi connectivity index (χ2n) is 6.75. The Balaban J connectivity index is 1.43. The van der Waals surface area contributed by atoms with E-state index < -0.39 is 0 Å². The molecule has 2 heterocycles. The molecule has 1 fully saturated rings. The van der Waals surface area contributed by atoms with Crippen LogP contribution in [0.1, 0.15) is 11.1 Å². The normalized spacial score (nSPS) is 15.1. The fraction of sp³-hybridized carbons (Fsp3) is 0.286. The van der Waals surface area contributed by atoms with Crippen molar-refractivity contribution in [2.75, 3.05) is 13.1 Å². The van der Waals surface area contributed by atoms with Crippen molar-refractivity contribution in [3.05, 3.63) is 71.9 Å². The van der Waals surface area contributed by atoms with E-state index in [9.17, 15) is 0 Å². The van der Waals surface area contributed by atoms with Crippen molar-refractivity contribution in [3.63, 3.8) is 0 Å². The first-order valence-corrected chi connectivity index (χ1v) is 8.71. The predicted molar refractivity (Wildman–Crippen MR) is 99.5 cm³/mol. The van der Waals surface area contributed by atoms with E-state index in [1.807, 2.05) is 48.3 Å². The van der Waals surface area contributed by atoms with Crippen molar-refractivity contribution in [2.45, 2.75) is 19.6 Å². The Labute approximate surface area is 148 Å². The topological polar surface area (TPSA) is 30.3 Å². The number of aryl methyl sites for hydroxylation is 2. The molecule has 3 aromatic rings. The van der Waals surface area contributed by atoms with Crippen LogP contribution in [0.15, 0.2) is 60.8 Å². The second kappa shape index (κ2) is 6.73. The molecule has 4 heteroatoms. The number of hydrogen-bond acceptors (Lipinski definition) is 3. The van der Waals surface area contributed by atoms with Crippen LogP contribution in [-0.4, -0.2) is 33.9 Å². The van der Waals surface area contributed by atoms with Gasteiger partial charge < -0.3 is 4.74 Å². The van der Waals surface area contributed by atoms with Crippen molar-refractivity contribution >= 4 is 0 Å². The van der Waals surface area contributed by atoms with E-state index in [0.717, 1.165) is 31.1 Å². The van der Waals surface area contributed by atoms with Gasteiger partial charge in [-0.1, -0.05) is 35.9 Å². The number of aromatic nitrogens is 2. The lowest BCUT2D eigenvalue weighted by Crippen LogP contribution is -2.53. The highest BCUT2D eigenvalue weighted by molar-refractivity contribution is 5.64. The minimum absolute atomic E-state index is 0.285. The number of likely N-dealkylation sites (tertiary alicyclic amines) is 1. The summed E-state index contributed by atoms with van der Waals surface area (Å²) < 4.78 is 7.94. The van der Waals surface area contributed by atoms with Gasteiger partial charge in [-0.3, -0.25) is 9.58 Å². The molecular formula is C21H23N3O. The van der Waals surface area contributed by atoms with Gasteiger partial charge in [0.1, 0.15) is 11.9 Å². The van der Waals surface area contributed by atoms with E-state index in [0.29, 0.717) is 0 Å². The summed E-state index contributed by atoms with van der Waals surface area (Å²) >= 11 is 0. The molecule has 0 amide bonds. The summed E-state index contributed by atoms with van der Waals surface area (Å²) in [7, 11) is 1.99. The Morgan fingerprint density at radius 1 is 1.08 bits per heavy atom. The van der Waals surface area contributed by atoms with Crippen LogP contribution in [0, 0.1) is 6.92 Å². The first-order chi connectivity index (χ1) is 12.2. The molecule has 0 unspecified atom stereocenters. The smallest absolute Gasteiger partial charge is 0.124 e. The fourth-order valence-electron chi connectivity index (χ4n) is 3.36. The van der Waals surface area contributed by atoms with Gasteiger partial charge in [-0.2, -0.15) is 5.10 Å². The maximum Gasteiger partial charge on any atom is 0.124 e. The molecule has 25 heavy (non-hydrogen) atoms. The SMILES string of the molecule is Cc1ccc(CN2CC(Oc3ccccc3)C2)c(-c2ccnn2C)c1. The summed E-state index contributed by atoms with van der Waals surface area (Å²) in [4.78, 5) is 2.43. The highest BCUT2D eigenvalue weighted by Crippen LogP contribution is 2.27. The molecule has 128 valence electrons. The lowest BCUT2D eigenvalue weighted by Gasteiger charge is -2.39. The molecule has 0 bridgehead atoms. The Morgan fingerprint density at radius 2 is 1.88 bits per heavy atom. The molecule has 1 aliphatic heterocycles. The van der Waals surface area contributed by atoms with Gasteiger partial charge in [0.25, 0.3) is 0 Å². The molecule has 4 rings (SSSR count). The van der Waals surface area contributed by atoms with Crippen LogP contribution in [0.5, 0.6) is 5.75 Å². The predicted octanol–water partition coefficient (Wildman–Crippen LogP) is 3.66. The highest BCUT2D eigenvalue weighted by atomic mass is 16.5. The lowest BCUT2D eigenvalue weighted by atomic mass is 9.99. The number of nitrogens with zero attached hydrogens (tertiary/aromatic N) is 3. The zero-order valence-corrected chi connectivity index (χ0v) is 14.7. The monoisotopic (exact) mass is 333 g/mol. The number of rotatable bonds is 5. The van der Waals surface area contributed by atoms with Gasteiger partial charge in [0.05, 0.1) is 5.69 Å². The summed E-state index contributed by atoms with van der Waals surface area (Å²) in [6.07, 6.45) is 2.14. The molecule has 0 radical (unpaired) electrons. The summed E-state index contributed by atoms with van der Waals surface area (Å²) in [5, 5.41) is 4.32. The van der Waals surface area contributed by atoms with Crippen molar-refractivity contribution in [2.24, 2.45) is 7.05 Å². The third kappa shape index (κ3) is 3.44. The molecule has 1 saturated heterocycles. The van der Waals surface area contributed by atoms with Gasteiger partial charge in [0, 0.05) is 38.4 Å². The third-order valence-corrected chi connectivity index (χ3v) is 4.73. The molecule has 0 N–H and O–H groups in total.